The third kappa shape index (κ3) is 4.00. The molecule has 3 rings (SSSR count). The molecule has 0 unspecified atom stereocenters. The Morgan fingerprint density at radius 3 is 2.17 bits per heavy atom. The molecule has 2 aliphatic carbocycles. The van der Waals surface area contributed by atoms with E-state index in [1.54, 1.807) is 12.1 Å². The van der Waals surface area contributed by atoms with Gasteiger partial charge in [-0.2, -0.15) is 5.26 Å². The highest BCUT2D eigenvalue weighted by Gasteiger charge is 2.31. The Hall–Kier alpha value is -1.36. The molecule has 0 N–H and O–H groups in total. The minimum atomic E-state index is -0.355. The number of hydrogen-bond acceptors (Lipinski definition) is 1. The number of benzene rings is 1. The first kappa shape index (κ1) is 17.5. The van der Waals surface area contributed by atoms with E-state index in [9.17, 15) is 4.39 Å². The standard InChI is InChI=1S/C22H30FN/c1-2-3-16-4-6-17(7-5-16)18-8-10-19(11-9-18)20-12-13-21(15-24)22(23)14-20/h12-14,16-19H,2-11H2,1H3. The summed E-state index contributed by atoms with van der Waals surface area (Å²) in [5.74, 6) is 2.96. The van der Waals surface area contributed by atoms with Crippen LogP contribution in [0.3, 0.4) is 0 Å². The van der Waals surface area contributed by atoms with Crippen molar-refractivity contribution in [3.05, 3.63) is 35.1 Å². The van der Waals surface area contributed by atoms with Gasteiger partial charge in [-0.25, -0.2) is 4.39 Å². The van der Waals surface area contributed by atoms with E-state index in [4.69, 9.17) is 5.26 Å². The molecule has 0 bridgehead atoms. The van der Waals surface area contributed by atoms with E-state index in [2.05, 4.69) is 6.92 Å². The highest BCUT2D eigenvalue weighted by molar-refractivity contribution is 5.34. The van der Waals surface area contributed by atoms with Crippen LogP contribution in [0.5, 0.6) is 0 Å². The Morgan fingerprint density at radius 2 is 1.62 bits per heavy atom. The minimum Gasteiger partial charge on any atom is -0.206 e. The van der Waals surface area contributed by atoms with Crippen LogP contribution < -0.4 is 0 Å². The molecular formula is C22H30FN. The monoisotopic (exact) mass is 327 g/mol. The van der Waals surface area contributed by atoms with Gasteiger partial charge < -0.3 is 0 Å². The lowest BCUT2D eigenvalue weighted by atomic mass is 9.68. The normalized spacial score (nSPS) is 30.7. The van der Waals surface area contributed by atoms with Crippen molar-refractivity contribution >= 4 is 0 Å². The Kier molecular flexibility index (Phi) is 5.93. The highest BCUT2D eigenvalue weighted by atomic mass is 19.1. The van der Waals surface area contributed by atoms with Gasteiger partial charge in [0.2, 0.25) is 0 Å². The summed E-state index contributed by atoms with van der Waals surface area (Å²) in [6.45, 7) is 2.30. The van der Waals surface area contributed by atoms with E-state index in [1.165, 1.54) is 64.2 Å². The van der Waals surface area contributed by atoms with Gasteiger partial charge in [0.25, 0.3) is 0 Å². The second kappa shape index (κ2) is 8.15. The quantitative estimate of drug-likeness (QED) is 0.613. The molecule has 0 saturated heterocycles. The van der Waals surface area contributed by atoms with Crippen LogP contribution in [0.25, 0.3) is 0 Å². The fraction of sp³-hybridized carbons (Fsp3) is 0.682. The molecule has 2 fully saturated rings. The van der Waals surface area contributed by atoms with Crippen LogP contribution in [0, 0.1) is 34.9 Å². The molecule has 0 atom stereocenters. The predicted molar refractivity (Wildman–Crippen MR) is 96.2 cm³/mol. The van der Waals surface area contributed by atoms with Gasteiger partial charge in [-0.1, -0.05) is 38.7 Å². The van der Waals surface area contributed by atoms with Crippen molar-refractivity contribution in [2.45, 2.75) is 77.0 Å². The van der Waals surface area contributed by atoms with E-state index in [0.29, 0.717) is 5.92 Å². The van der Waals surface area contributed by atoms with E-state index in [-0.39, 0.29) is 11.4 Å². The maximum Gasteiger partial charge on any atom is 0.141 e. The van der Waals surface area contributed by atoms with Gasteiger partial charge in [-0.05, 0) is 79.9 Å². The summed E-state index contributed by atoms with van der Waals surface area (Å²) in [5, 5.41) is 8.86. The van der Waals surface area contributed by atoms with Crippen molar-refractivity contribution < 1.29 is 4.39 Å². The summed E-state index contributed by atoms with van der Waals surface area (Å²) in [6, 6.07) is 7.12. The molecule has 1 aromatic rings. The van der Waals surface area contributed by atoms with E-state index in [1.807, 2.05) is 12.1 Å². The lowest BCUT2D eigenvalue weighted by Gasteiger charge is -2.38. The third-order valence-corrected chi connectivity index (χ3v) is 6.61. The van der Waals surface area contributed by atoms with E-state index < -0.39 is 0 Å². The van der Waals surface area contributed by atoms with Crippen molar-refractivity contribution in [1.29, 1.82) is 5.26 Å². The maximum absolute atomic E-state index is 13.8. The summed E-state index contributed by atoms with van der Waals surface area (Å²) in [7, 11) is 0. The molecule has 24 heavy (non-hydrogen) atoms. The molecule has 0 aromatic heterocycles. The average molecular weight is 327 g/mol. The molecule has 2 saturated carbocycles. The fourth-order valence-electron chi connectivity index (χ4n) is 5.16. The second-order valence-electron chi connectivity index (χ2n) is 8.03. The van der Waals surface area contributed by atoms with Gasteiger partial charge in [-0.3, -0.25) is 0 Å². The first-order valence-electron chi connectivity index (χ1n) is 9.90. The molecule has 0 amide bonds. The summed E-state index contributed by atoms with van der Waals surface area (Å²) in [5.41, 5.74) is 1.26. The minimum absolute atomic E-state index is 0.163. The van der Waals surface area contributed by atoms with Gasteiger partial charge in [-0.15, -0.1) is 0 Å². The number of rotatable bonds is 4. The van der Waals surface area contributed by atoms with Crippen molar-refractivity contribution in [2.75, 3.05) is 0 Å². The summed E-state index contributed by atoms with van der Waals surface area (Å²) in [6.07, 6.45) is 13.5. The van der Waals surface area contributed by atoms with Crippen LogP contribution in [0.4, 0.5) is 4.39 Å². The molecule has 1 aromatic carbocycles. The summed E-state index contributed by atoms with van der Waals surface area (Å²) < 4.78 is 13.8. The zero-order valence-corrected chi connectivity index (χ0v) is 14.9. The predicted octanol–water partition coefficient (Wildman–Crippen LogP) is 6.58. The Balaban J connectivity index is 1.51. The second-order valence-corrected chi connectivity index (χ2v) is 8.03. The number of nitrogens with zero attached hydrogens (tertiary/aromatic N) is 1. The van der Waals surface area contributed by atoms with Crippen molar-refractivity contribution in [2.24, 2.45) is 17.8 Å². The Labute approximate surface area is 146 Å². The van der Waals surface area contributed by atoms with Gasteiger partial charge >= 0.3 is 0 Å². The fourth-order valence-corrected chi connectivity index (χ4v) is 5.16. The highest BCUT2D eigenvalue weighted by Crippen LogP contribution is 2.44. The number of hydrogen-bond donors (Lipinski definition) is 0. The zero-order chi connectivity index (χ0) is 16.9. The molecule has 2 aliphatic rings. The Bertz CT molecular complexity index is 572. The van der Waals surface area contributed by atoms with E-state index in [0.717, 1.165) is 23.3 Å². The maximum atomic E-state index is 13.8. The molecule has 0 aliphatic heterocycles. The van der Waals surface area contributed by atoms with Gasteiger partial charge in [0.15, 0.2) is 0 Å². The molecule has 0 heterocycles. The van der Waals surface area contributed by atoms with E-state index >= 15 is 0 Å². The first-order chi connectivity index (χ1) is 11.7. The molecular weight excluding hydrogens is 297 g/mol. The number of halogens is 1. The van der Waals surface area contributed by atoms with Crippen molar-refractivity contribution in [1.82, 2.24) is 0 Å². The molecule has 0 spiro atoms. The molecule has 0 radical (unpaired) electrons. The smallest absolute Gasteiger partial charge is 0.141 e. The van der Waals surface area contributed by atoms with Crippen LogP contribution in [0.15, 0.2) is 18.2 Å². The summed E-state index contributed by atoms with van der Waals surface area (Å²) >= 11 is 0. The number of nitriles is 1. The topological polar surface area (TPSA) is 23.8 Å². The molecule has 1 nitrogen and oxygen atoms in total. The van der Waals surface area contributed by atoms with Gasteiger partial charge in [0.1, 0.15) is 11.9 Å². The van der Waals surface area contributed by atoms with Crippen LogP contribution in [0.1, 0.15) is 88.2 Å². The third-order valence-electron chi connectivity index (χ3n) is 6.61. The van der Waals surface area contributed by atoms with Gasteiger partial charge in [0.05, 0.1) is 5.56 Å². The van der Waals surface area contributed by atoms with Crippen LogP contribution in [0.2, 0.25) is 0 Å². The van der Waals surface area contributed by atoms with Crippen LogP contribution in [-0.4, -0.2) is 0 Å². The largest absolute Gasteiger partial charge is 0.206 e. The van der Waals surface area contributed by atoms with Crippen molar-refractivity contribution in [3.63, 3.8) is 0 Å². The zero-order valence-electron chi connectivity index (χ0n) is 14.9. The lowest BCUT2D eigenvalue weighted by Crippen LogP contribution is -2.25. The first-order valence-corrected chi connectivity index (χ1v) is 9.90. The summed E-state index contributed by atoms with van der Waals surface area (Å²) in [4.78, 5) is 0. The molecule has 130 valence electrons. The van der Waals surface area contributed by atoms with Crippen LogP contribution >= 0.6 is 0 Å². The SMILES string of the molecule is CCCC1CCC(C2CCC(c3ccc(C#N)c(F)c3)CC2)CC1. The van der Waals surface area contributed by atoms with Crippen LogP contribution in [-0.2, 0) is 0 Å². The van der Waals surface area contributed by atoms with Crippen molar-refractivity contribution in [3.8, 4) is 6.07 Å². The molecule has 2 heteroatoms. The van der Waals surface area contributed by atoms with Gasteiger partial charge in [0, 0.05) is 0 Å². The lowest BCUT2D eigenvalue weighted by molar-refractivity contribution is 0.156. The Morgan fingerprint density at radius 1 is 1.00 bits per heavy atom. The average Bonchev–Trinajstić information content (AvgIpc) is 2.63.